The largest absolute Gasteiger partial charge is 0.480 e. The Bertz CT molecular complexity index is 550. The maximum Gasteiger partial charge on any atom is 0.326 e. The topological polar surface area (TPSA) is 70.5 Å². The Morgan fingerprint density at radius 2 is 2.15 bits per heavy atom. The van der Waals surface area contributed by atoms with Crippen LogP contribution in [0.5, 0.6) is 0 Å². The molecule has 7 heteroatoms. The Morgan fingerprint density at radius 3 is 2.80 bits per heavy atom. The van der Waals surface area contributed by atoms with Gasteiger partial charge in [0, 0.05) is 12.7 Å². The summed E-state index contributed by atoms with van der Waals surface area (Å²) in [6.45, 7) is 1.94. The van der Waals surface area contributed by atoms with Gasteiger partial charge in [-0.05, 0) is 24.8 Å². The molecule has 1 aliphatic rings. The molecule has 1 N–H and O–H groups in total. The number of hydrogen-bond acceptors (Lipinski definition) is 3. The van der Waals surface area contributed by atoms with Crippen LogP contribution in [0.4, 0.5) is 8.78 Å². The molecule has 20 heavy (non-hydrogen) atoms. The summed E-state index contributed by atoms with van der Waals surface area (Å²) in [6, 6.07) is 0.0331. The molecule has 2 heterocycles. The summed E-state index contributed by atoms with van der Waals surface area (Å²) in [5.41, 5.74) is -0.488. The lowest BCUT2D eigenvalue weighted by Gasteiger charge is -2.37. The fourth-order valence-electron chi connectivity index (χ4n) is 2.53. The van der Waals surface area contributed by atoms with E-state index in [2.05, 4.69) is 4.98 Å². The van der Waals surface area contributed by atoms with Crippen molar-refractivity contribution in [3.05, 3.63) is 29.6 Å². The van der Waals surface area contributed by atoms with Crippen LogP contribution in [-0.2, 0) is 4.79 Å². The minimum Gasteiger partial charge on any atom is -0.480 e. The van der Waals surface area contributed by atoms with E-state index in [0.717, 1.165) is 17.2 Å². The Morgan fingerprint density at radius 1 is 1.45 bits per heavy atom. The van der Waals surface area contributed by atoms with E-state index in [1.807, 2.05) is 0 Å². The minimum atomic E-state index is -1.37. The normalized spacial score (nSPS) is 22.6. The van der Waals surface area contributed by atoms with Gasteiger partial charge in [0.15, 0.2) is 5.82 Å². The summed E-state index contributed by atoms with van der Waals surface area (Å²) in [6.07, 6.45) is 2.29. The maximum absolute atomic E-state index is 13.6. The minimum absolute atomic E-state index is 0.212. The van der Waals surface area contributed by atoms with Crippen LogP contribution >= 0.6 is 0 Å². The molecule has 1 amide bonds. The number of carboxylic acid groups (broad SMARTS) is 1. The summed E-state index contributed by atoms with van der Waals surface area (Å²) in [4.78, 5) is 27.7. The molecule has 1 aliphatic heterocycles. The molecular formula is C13H14F2N2O3. The standard InChI is InChI=1S/C13H14F2N2O3/c1-7-3-2-6-17(10(7)13(19)20)12(18)8-4-5-16-11(15)9(8)14/h4-5,7,10H,2-3,6H2,1H3,(H,19,20). The first kappa shape index (κ1) is 14.4. The van der Waals surface area contributed by atoms with E-state index in [4.69, 9.17) is 0 Å². The van der Waals surface area contributed by atoms with Gasteiger partial charge in [-0.2, -0.15) is 4.39 Å². The number of aliphatic carboxylic acids is 1. The molecule has 1 saturated heterocycles. The van der Waals surface area contributed by atoms with Crippen LogP contribution < -0.4 is 0 Å². The van der Waals surface area contributed by atoms with E-state index in [1.165, 1.54) is 0 Å². The van der Waals surface area contributed by atoms with E-state index < -0.39 is 35.2 Å². The van der Waals surface area contributed by atoms with E-state index in [-0.39, 0.29) is 12.5 Å². The van der Waals surface area contributed by atoms with Crippen molar-refractivity contribution in [3.8, 4) is 0 Å². The molecule has 1 aromatic heterocycles. The predicted octanol–water partition coefficient (Wildman–Crippen LogP) is 1.69. The van der Waals surface area contributed by atoms with E-state index in [0.29, 0.717) is 12.8 Å². The van der Waals surface area contributed by atoms with Crippen molar-refractivity contribution in [1.82, 2.24) is 9.88 Å². The lowest BCUT2D eigenvalue weighted by Crippen LogP contribution is -2.52. The molecule has 0 saturated carbocycles. The number of piperidine rings is 1. The van der Waals surface area contributed by atoms with Crippen LogP contribution in [0.15, 0.2) is 12.3 Å². The number of likely N-dealkylation sites (tertiary alicyclic amines) is 1. The first-order valence-electron chi connectivity index (χ1n) is 6.27. The van der Waals surface area contributed by atoms with Gasteiger partial charge in [-0.25, -0.2) is 14.2 Å². The zero-order valence-electron chi connectivity index (χ0n) is 10.8. The zero-order valence-corrected chi connectivity index (χ0v) is 10.8. The van der Waals surface area contributed by atoms with E-state index >= 15 is 0 Å². The van der Waals surface area contributed by atoms with Crippen LogP contribution in [0.1, 0.15) is 30.1 Å². The van der Waals surface area contributed by atoms with Crippen molar-refractivity contribution in [2.24, 2.45) is 5.92 Å². The van der Waals surface area contributed by atoms with Crippen LogP contribution in [0.3, 0.4) is 0 Å². The number of nitrogens with zero attached hydrogens (tertiary/aromatic N) is 2. The summed E-state index contributed by atoms with van der Waals surface area (Å²) in [5.74, 6) is -4.91. The number of carboxylic acids is 1. The summed E-state index contributed by atoms with van der Waals surface area (Å²) in [5, 5.41) is 9.22. The van der Waals surface area contributed by atoms with Gasteiger partial charge >= 0.3 is 5.97 Å². The third-order valence-corrected chi connectivity index (χ3v) is 3.52. The lowest BCUT2D eigenvalue weighted by atomic mass is 9.90. The van der Waals surface area contributed by atoms with Crippen molar-refractivity contribution < 1.29 is 23.5 Å². The van der Waals surface area contributed by atoms with E-state index in [1.54, 1.807) is 6.92 Å². The number of carbonyl (C=O) groups excluding carboxylic acids is 1. The Hall–Kier alpha value is -2.05. The number of amides is 1. The molecule has 108 valence electrons. The van der Waals surface area contributed by atoms with Gasteiger partial charge in [-0.3, -0.25) is 4.79 Å². The molecule has 1 fully saturated rings. The van der Waals surface area contributed by atoms with Gasteiger partial charge < -0.3 is 10.0 Å². The maximum atomic E-state index is 13.6. The summed E-state index contributed by atoms with van der Waals surface area (Å²) in [7, 11) is 0. The molecule has 0 aromatic carbocycles. The quantitative estimate of drug-likeness (QED) is 0.839. The van der Waals surface area contributed by atoms with Crippen molar-refractivity contribution in [2.75, 3.05) is 6.54 Å². The van der Waals surface area contributed by atoms with Gasteiger partial charge in [0.25, 0.3) is 5.91 Å². The van der Waals surface area contributed by atoms with Crippen molar-refractivity contribution in [1.29, 1.82) is 0 Å². The number of rotatable bonds is 2. The highest BCUT2D eigenvalue weighted by atomic mass is 19.2. The Kier molecular flexibility index (Phi) is 3.96. The van der Waals surface area contributed by atoms with Gasteiger partial charge in [-0.1, -0.05) is 6.92 Å². The van der Waals surface area contributed by atoms with Crippen molar-refractivity contribution in [2.45, 2.75) is 25.8 Å². The molecule has 2 rings (SSSR count). The Labute approximate surface area is 114 Å². The molecule has 2 unspecified atom stereocenters. The van der Waals surface area contributed by atoms with Crippen molar-refractivity contribution in [3.63, 3.8) is 0 Å². The predicted molar refractivity (Wildman–Crippen MR) is 65.0 cm³/mol. The fourth-order valence-corrected chi connectivity index (χ4v) is 2.53. The van der Waals surface area contributed by atoms with Gasteiger partial charge in [0.2, 0.25) is 5.95 Å². The van der Waals surface area contributed by atoms with Gasteiger partial charge in [0.1, 0.15) is 6.04 Å². The first-order valence-corrected chi connectivity index (χ1v) is 6.27. The van der Waals surface area contributed by atoms with Crippen LogP contribution in [0, 0.1) is 17.7 Å². The summed E-state index contributed by atoms with van der Waals surface area (Å²) < 4.78 is 26.7. The smallest absolute Gasteiger partial charge is 0.326 e. The molecular weight excluding hydrogens is 270 g/mol. The molecule has 0 aliphatic carbocycles. The fraction of sp³-hybridized carbons (Fsp3) is 0.462. The zero-order chi connectivity index (χ0) is 14.9. The van der Waals surface area contributed by atoms with E-state index in [9.17, 15) is 23.5 Å². The molecule has 1 aromatic rings. The summed E-state index contributed by atoms with van der Waals surface area (Å²) >= 11 is 0. The average Bonchev–Trinajstić information content (AvgIpc) is 2.40. The highest BCUT2D eigenvalue weighted by Crippen LogP contribution is 2.26. The van der Waals surface area contributed by atoms with Crippen LogP contribution in [0.25, 0.3) is 0 Å². The third-order valence-electron chi connectivity index (χ3n) is 3.52. The number of halogens is 2. The number of aromatic nitrogens is 1. The average molecular weight is 284 g/mol. The molecule has 2 atom stereocenters. The second-order valence-corrected chi connectivity index (χ2v) is 4.86. The number of hydrogen-bond donors (Lipinski definition) is 1. The number of carbonyl (C=O) groups is 2. The third kappa shape index (κ3) is 2.48. The van der Waals surface area contributed by atoms with Gasteiger partial charge in [-0.15, -0.1) is 0 Å². The highest BCUT2D eigenvalue weighted by Gasteiger charge is 2.38. The molecule has 5 nitrogen and oxygen atoms in total. The second kappa shape index (κ2) is 5.52. The molecule has 0 bridgehead atoms. The monoisotopic (exact) mass is 284 g/mol. The molecule has 0 spiro atoms. The van der Waals surface area contributed by atoms with Crippen LogP contribution in [0.2, 0.25) is 0 Å². The Balaban J connectivity index is 2.35. The van der Waals surface area contributed by atoms with Crippen LogP contribution in [-0.4, -0.2) is 39.5 Å². The van der Waals surface area contributed by atoms with Crippen molar-refractivity contribution >= 4 is 11.9 Å². The number of pyridine rings is 1. The second-order valence-electron chi connectivity index (χ2n) is 4.86. The first-order chi connectivity index (χ1) is 9.43. The highest BCUT2D eigenvalue weighted by molar-refractivity contribution is 5.97. The molecule has 0 radical (unpaired) electrons. The van der Waals surface area contributed by atoms with Gasteiger partial charge in [0.05, 0.1) is 5.56 Å². The SMILES string of the molecule is CC1CCCN(C(=O)c2ccnc(F)c2F)C1C(=O)O. The lowest BCUT2D eigenvalue weighted by molar-refractivity contribution is -0.145.